The molecule has 0 radical (unpaired) electrons. The number of anilines is 1. The van der Waals surface area contributed by atoms with E-state index in [1.807, 2.05) is 30.3 Å². The van der Waals surface area contributed by atoms with Crippen molar-refractivity contribution in [1.82, 2.24) is 10.3 Å². The zero-order chi connectivity index (χ0) is 20.5. The standard InChI is InChI=1S/C23H25N3O3/c1-14(2)17-6-4-16(5-7-17)12-24-23(28)18-10-22(27)26(13-18)19-8-9-21-20(11-19)25-15(3)29-21/h4-9,11,14,18H,10,12-13H2,1-3H3,(H,24,28). The predicted molar refractivity (Wildman–Crippen MR) is 112 cm³/mol. The van der Waals surface area contributed by atoms with Crippen molar-refractivity contribution in [2.24, 2.45) is 5.92 Å². The predicted octanol–water partition coefficient (Wildman–Crippen LogP) is 3.93. The van der Waals surface area contributed by atoms with Gasteiger partial charge < -0.3 is 14.6 Å². The molecule has 29 heavy (non-hydrogen) atoms. The fraction of sp³-hybridized carbons (Fsp3) is 0.348. The highest BCUT2D eigenvalue weighted by atomic mass is 16.3. The van der Waals surface area contributed by atoms with Crippen LogP contribution in [0.3, 0.4) is 0 Å². The topological polar surface area (TPSA) is 75.4 Å². The molecule has 1 N–H and O–H groups in total. The second-order valence-corrected chi connectivity index (χ2v) is 7.90. The number of nitrogens with zero attached hydrogens (tertiary/aromatic N) is 2. The summed E-state index contributed by atoms with van der Waals surface area (Å²) in [6.45, 7) is 6.94. The first kappa shape index (κ1) is 19.2. The molecule has 150 valence electrons. The molecule has 6 heteroatoms. The second-order valence-electron chi connectivity index (χ2n) is 7.90. The molecule has 1 aliphatic heterocycles. The van der Waals surface area contributed by atoms with Gasteiger partial charge in [0.1, 0.15) is 5.52 Å². The van der Waals surface area contributed by atoms with Crippen LogP contribution in [0.4, 0.5) is 5.69 Å². The van der Waals surface area contributed by atoms with E-state index in [0.29, 0.717) is 36.0 Å². The maximum atomic E-state index is 12.6. The van der Waals surface area contributed by atoms with Crippen molar-refractivity contribution >= 4 is 28.6 Å². The summed E-state index contributed by atoms with van der Waals surface area (Å²) in [4.78, 5) is 31.1. The molecule has 2 amide bonds. The smallest absolute Gasteiger partial charge is 0.227 e. The first-order valence-corrected chi connectivity index (χ1v) is 9.95. The first-order chi connectivity index (χ1) is 13.9. The van der Waals surface area contributed by atoms with Gasteiger partial charge >= 0.3 is 0 Å². The Kier molecular flexibility index (Phi) is 5.09. The zero-order valence-electron chi connectivity index (χ0n) is 16.9. The van der Waals surface area contributed by atoms with Gasteiger partial charge in [-0.2, -0.15) is 0 Å². The number of oxazole rings is 1. The average Bonchev–Trinajstić information content (AvgIpc) is 3.27. The Bertz CT molecular complexity index is 1050. The Morgan fingerprint density at radius 2 is 2.00 bits per heavy atom. The Morgan fingerprint density at radius 1 is 1.24 bits per heavy atom. The highest BCUT2D eigenvalue weighted by Gasteiger charge is 2.35. The zero-order valence-corrected chi connectivity index (χ0v) is 16.9. The Hall–Kier alpha value is -3.15. The third-order valence-corrected chi connectivity index (χ3v) is 5.40. The van der Waals surface area contributed by atoms with Gasteiger partial charge in [0.25, 0.3) is 0 Å². The highest BCUT2D eigenvalue weighted by Crippen LogP contribution is 2.28. The molecule has 1 saturated heterocycles. The van der Waals surface area contributed by atoms with E-state index in [-0.39, 0.29) is 24.2 Å². The molecule has 2 heterocycles. The lowest BCUT2D eigenvalue weighted by Crippen LogP contribution is -2.32. The van der Waals surface area contributed by atoms with Crippen LogP contribution in [-0.4, -0.2) is 23.3 Å². The van der Waals surface area contributed by atoms with E-state index in [0.717, 1.165) is 11.3 Å². The summed E-state index contributed by atoms with van der Waals surface area (Å²) in [6, 6.07) is 13.7. The monoisotopic (exact) mass is 391 g/mol. The van der Waals surface area contributed by atoms with E-state index < -0.39 is 0 Å². The van der Waals surface area contributed by atoms with Crippen LogP contribution >= 0.6 is 0 Å². The SMILES string of the molecule is Cc1nc2cc(N3CC(C(=O)NCc4ccc(C(C)C)cc4)CC3=O)ccc2o1. The molecule has 6 nitrogen and oxygen atoms in total. The summed E-state index contributed by atoms with van der Waals surface area (Å²) in [7, 11) is 0. The van der Waals surface area contributed by atoms with Gasteiger partial charge in [0.15, 0.2) is 11.5 Å². The van der Waals surface area contributed by atoms with E-state index in [9.17, 15) is 9.59 Å². The summed E-state index contributed by atoms with van der Waals surface area (Å²) >= 11 is 0. The molecule has 4 rings (SSSR count). The van der Waals surface area contributed by atoms with E-state index in [4.69, 9.17) is 4.42 Å². The molecule has 1 aliphatic rings. The molecule has 2 aromatic carbocycles. The summed E-state index contributed by atoms with van der Waals surface area (Å²) in [5.41, 5.74) is 4.48. The molecular formula is C23H25N3O3. The van der Waals surface area contributed by atoms with Gasteiger partial charge in [0, 0.05) is 32.1 Å². The van der Waals surface area contributed by atoms with Crippen molar-refractivity contribution in [1.29, 1.82) is 0 Å². The molecule has 3 aromatic rings. The van der Waals surface area contributed by atoms with Crippen LogP contribution in [0.5, 0.6) is 0 Å². The number of hydrogen-bond acceptors (Lipinski definition) is 4. The normalized spacial score (nSPS) is 16.8. The molecule has 0 aliphatic carbocycles. The minimum absolute atomic E-state index is 0.0500. The van der Waals surface area contributed by atoms with Crippen LogP contribution in [0.25, 0.3) is 11.1 Å². The van der Waals surface area contributed by atoms with E-state index in [1.165, 1.54) is 5.56 Å². The van der Waals surface area contributed by atoms with Crippen LogP contribution in [0, 0.1) is 12.8 Å². The third-order valence-electron chi connectivity index (χ3n) is 5.40. The third kappa shape index (κ3) is 4.01. The van der Waals surface area contributed by atoms with Crippen molar-refractivity contribution in [3.63, 3.8) is 0 Å². The van der Waals surface area contributed by atoms with Crippen molar-refractivity contribution in [3.05, 3.63) is 59.5 Å². The molecule has 1 unspecified atom stereocenters. The molecule has 0 spiro atoms. The number of amides is 2. The fourth-order valence-electron chi connectivity index (χ4n) is 3.69. The maximum absolute atomic E-state index is 12.6. The van der Waals surface area contributed by atoms with E-state index in [1.54, 1.807) is 11.8 Å². The quantitative estimate of drug-likeness (QED) is 0.715. The van der Waals surface area contributed by atoms with Gasteiger partial charge in [-0.05, 0) is 35.2 Å². The Labute approximate surface area is 169 Å². The van der Waals surface area contributed by atoms with Gasteiger partial charge in [0.2, 0.25) is 11.8 Å². The molecule has 1 aromatic heterocycles. The van der Waals surface area contributed by atoms with Crippen LogP contribution in [-0.2, 0) is 16.1 Å². The summed E-state index contributed by atoms with van der Waals surface area (Å²) in [5, 5.41) is 2.97. The van der Waals surface area contributed by atoms with Gasteiger partial charge in [-0.25, -0.2) is 4.98 Å². The van der Waals surface area contributed by atoms with Crippen LogP contribution in [0.1, 0.15) is 43.2 Å². The molecular weight excluding hydrogens is 366 g/mol. The van der Waals surface area contributed by atoms with E-state index in [2.05, 4.69) is 36.3 Å². The number of aryl methyl sites for hydroxylation is 1. The fourth-order valence-corrected chi connectivity index (χ4v) is 3.69. The largest absolute Gasteiger partial charge is 0.441 e. The lowest BCUT2D eigenvalue weighted by atomic mass is 10.0. The van der Waals surface area contributed by atoms with Crippen LogP contribution in [0.2, 0.25) is 0 Å². The number of rotatable bonds is 5. The number of nitrogens with one attached hydrogen (secondary N) is 1. The number of benzene rings is 2. The van der Waals surface area contributed by atoms with Gasteiger partial charge in [-0.1, -0.05) is 38.1 Å². The lowest BCUT2D eigenvalue weighted by Gasteiger charge is -2.16. The highest BCUT2D eigenvalue weighted by molar-refractivity contribution is 6.01. The molecule has 0 bridgehead atoms. The van der Waals surface area contributed by atoms with Crippen molar-refractivity contribution in [2.45, 2.75) is 39.7 Å². The second kappa shape index (κ2) is 7.70. The summed E-state index contributed by atoms with van der Waals surface area (Å²) in [5.74, 6) is 0.573. The van der Waals surface area contributed by atoms with Gasteiger partial charge in [-0.15, -0.1) is 0 Å². The minimum Gasteiger partial charge on any atom is -0.441 e. The number of fused-ring (bicyclic) bond motifs is 1. The van der Waals surface area contributed by atoms with Gasteiger partial charge in [-0.3, -0.25) is 9.59 Å². The van der Waals surface area contributed by atoms with Gasteiger partial charge in [0.05, 0.1) is 5.92 Å². The minimum atomic E-state index is -0.354. The number of aromatic nitrogens is 1. The molecule has 1 fully saturated rings. The first-order valence-electron chi connectivity index (χ1n) is 9.95. The van der Waals surface area contributed by atoms with Crippen LogP contribution < -0.4 is 10.2 Å². The number of carbonyl (C=O) groups is 2. The lowest BCUT2D eigenvalue weighted by molar-refractivity contribution is -0.126. The summed E-state index contributed by atoms with van der Waals surface area (Å²) in [6.07, 6.45) is 0.216. The van der Waals surface area contributed by atoms with Crippen molar-refractivity contribution in [2.75, 3.05) is 11.4 Å². The Morgan fingerprint density at radius 3 is 2.72 bits per heavy atom. The molecule has 1 atom stereocenters. The van der Waals surface area contributed by atoms with Crippen molar-refractivity contribution in [3.8, 4) is 0 Å². The molecule has 0 saturated carbocycles. The van der Waals surface area contributed by atoms with E-state index >= 15 is 0 Å². The van der Waals surface area contributed by atoms with Crippen LogP contribution in [0.15, 0.2) is 46.9 Å². The summed E-state index contributed by atoms with van der Waals surface area (Å²) < 4.78 is 5.49. The average molecular weight is 391 g/mol. The maximum Gasteiger partial charge on any atom is 0.227 e. The number of hydrogen-bond donors (Lipinski definition) is 1. The Balaban J connectivity index is 1.39. The number of carbonyl (C=O) groups excluding carboxylic acids is 2. The van der Waals surface area contributed by atoms with Crippen molar-refractivity contribution < 1.29 is 14.0 Å².